The third-order valence-corrected chi connectivity index (χ3v) is 4.08. The Hall–Kier alpha value is -3.19. The number of nitrogens with one attached hydrogen (secondary N) is 2. The number of carbonyl (C=O) groups is 1. The van der Waals surface area contributed by atoms with Gasteiger partial charge in [0.1, 0.15) is 17.6 Å². The van der Waals surface area contributed by atoms with Crippen LogP contribution in [0.2, 0.25) is 0 Å². The normalized spacial score (nSPS) is 11.8. The van der Waals surface area contributed by atoms with E-state index in [0.29, 0.717) is 22.4 Å². The molecule has 0 aliphatic heterocycles. The minimum Gasteiger partial charge on any atom is -0.496 e. The Labute approximate surface area is 150 Å². The third kappa shape index (κ3) is 3.57. The van der Waals surface area contributed by atoms with Crippen molar-refractivity contribution in [3.63, 3.8) is 0 Å². The molecule has 1 heterocycles. The number of aryl methyl sites for hydroxylation is 1. The molecule has 0 saturated heterocycles. The van der Waals surface area contributed by atoms with Gasteiger partial charge in [-0.1, -0.05) is 29.8 Å². The molecule has 2 aromatic carbocycles. The number of carbonyl (C=O) groups excluding carboxylic acids is 1. The average molecular weight is 354 g/mol. The van der Waals surface area contributed by atoms with E-state index in [1.54, 1.807) is 24.5 Å². The molecule has 0 bridgehead atoms. The summed E-state index contributed by atoms with van der Waals surface area (Å²) in [6.45, 7) is 1.94. The quantitative estimate of drug-likeness (QED) is 0.656. The number of H-pyrrole nitrogens is 1. The SMILES string of the molecule is COc1cc(NC(=O)C(N)c2ccc(C)cc2)c(F)cc1-c1cn[nH]c1. The van der Waals surface area contributed by atoms with E-state index in [4.69, 9.17) is 10.5 Å². The number of halogens is 1. The number of rotatable bonds is 5. The molecule has 6 nitrogen and oxygen atoms in total. The van der Waals surface area contributed by atoms with Gasteiger partial charge in [-0.05, 0) is 18.6 Å². The number of amides is 1. The highest BCUT2D eigenvalue weighted by Crippen LogP contribution is 2.34. The average Bonchev–Trinajstić information content (AvgIpc) is 3.17. The summed E-state index contributed by atoms with van der Waals surface area (Å²) in [5, 5.41) is 9.04. The molecule has 134 valence electrons. The molecule has 1 unspecified atom stereocenters. The molecule has 7 heteroatoms. The van der Waals surface area contributed by atoms with E-state index in [2.05, 4.69) is 15.5 Å². The van der Waals surface area contributed by atoms with Crippen molar-refractivity contribution < 1.29 is 13.9 Å². The minimum atomic E-state index is -0.908. The van der Waals surface area contributed by atoms with Gasteiger partial charge in [0.15, 0.2) is 0 Å². The molecular weight excluding hydrogens is 335 g/mol. The molecule has 1 aromatic heterocycles. The molecule has 0 saturated carbocycles. The summed E-state index contributed by atoms with van der Waals surface area (Å²) in [5.74, 6) is -0.690. The Morgan fingerprint density at radius 3 is 2.65 bits per heavy atom. The molecule has 0 fully saturated rings. The van der Waals surface area contributed by atoms with Crippen molar-refractivity contribution in [2.45, 2.75) is 13.0 Å². The van der Waals surface area contributed by atoms with E-state index in [0.717, 1.165) is 5.56 Å². The van der Waals surface area contributed by atoms with Crippen LogP contribution in [0.4, 0.5) is 10.1 Å². The van der Waals surface area contributed by atoms with Crippen LogP contribution < -0.4 is 15.8 Å². The van der Waals surface area contributed by atoms with Gasteiger partial charge in [0, 0.05) is 23.4 Å². The van der Waals surface area contributed by atoms with Gasteiger partial charge >= 0.3 is 0 Å². The summed E-state index contributed by atoms with van der Waals surface area (Å²) in [4.78, 5) is 12.4. The molecule has 1 amide bonds. The maximum Gasteiger partial charge on any atom is 0.245 e. The Bertz CT molecular complexity index is 908. The number of nitrogens with two attached hydrogens (primary N) is 1. The summed E-state index contributed by atoms with van der Waals surface area (Å²) in [6, 6.07) is 9.09. The maximum absolute atomic E-state index is 14.5. The maximum atomic E-state index is 14.5. The van der Waals surface area contributed by atoms with Gasteiger partial charge in [0.2, 0.25) is 5.91 Å². The fourth-order valence-electron chi connectivity index (χ4n) is 2.58. The standard InChI is InChI=1S/C19H19FN4O2/c1-11-3-5-12(6-4-11)18(21)19(25)24-16-8-17(26-2)14(7-15(16)20)13-9-22-23-10-13/h3-10,18H,21H2,1-2H3,(H,22,23)(H,24,25). The van der Waals surface area contributed by atoms with E-state index in [9.17, 15) is 9.18 Å². The first kappa shape index (κ1) is 17.6. The number of hydrogen-bond acceptors (Lipinski definition) is 4. The minimum absolute atomic E-state index is 0.00153. The molecular formula is C19H19FN4O2. The Kier molecular flexibility index (Phi) is 4.99. The Balaban J connectivity index is 1.85. The number of methoxy groups -OCH3 is 1. The Morgan fingerprint density at radius 1 is 1.31 bits per heavy atom. The predicted octanol–water partition coefficient (Wildman–Crippen LogP) is 3.17. The fraction of sp³-hybridized carbons (Fsp3) is 0.158. The second-order valence-corrected chi connectivity index (χ2v) is 5.90. The van der Waals surface area contributed by atoms with Crippen molar-refractivity contribution in [3.05, 3.63) is 65.7 Å². The van der Waals surface area contributed by atoms with Crippen molar-refractivity contribution in [3.8, 4) is 16.9 Å². The number of nitrogens with zero attached hydrogens (tertiary/aromatic N) is 1. The van der Waals surface area contributed by atoms with Crippen LogP contribution in [-0.2, 0) is 4.79 Å². The lowest BCUT2D eigenvalue weighted by molar-refractivity contribution is -0.117. The highest BCUT2D eigenvalue weighted by Gasteiger charge is 2.19. The summed E-state index contributed by atoms with van der Waals surface area (Å²) in [6.07, 6.45) is 3.19. The van der Waals surface area contributed by atoms with E-state index in [-0.39, 0.29) is 5.69 Å². The van der Waals surface area contributed by atoms with Crippen LogP contribution in [0.5, 0.6) is 5.75 Å². The molecule has 26 heavy (non-hydrogen) atoms. The number of aromatic amines is 1. The first-order valence-corrected chi connectivity index (χ1v) is 7.99. The van der Waals surface area contributed by atoms with Gasteiger partial charge in [0.05, 0.1) is 19.0 Å². The molecule has 1 atom stereocenters. The fourth-order valence-corrected chi connectivity index (χ4v) is 2.58. The van der Waals surface area contributed by atoms with E-state index in [1.807, 2.05) is 19.1 Å². The first-order chi connectivity index (χ1) is 12.5. The molecule has 0 spiro atoms. The van der Waals surface area contributed by atoms with Crippen LogP contribution in [0.25, 0.3) is 11.1 Å². The highest BCUT2D eigenvalue weighted by molar-refractivity contribution is 5.96. The summed E-state index contributed by atoms with van der Waals surface area (Å²) in [5.41, 5.74) is 8.90. The van der Waals surface area contributed by atoms with Crippen molar-refractivity contribution in [1.29, 1.82) is 0 Å². The second-order valence-electron chi connectivity index (χ2n) is 5.90. The van der Waals surface area contributed by atoms with Gasteiger partial charge in [-0.25, -0.2) is 4.39 Å². The molecule has 0 radical (unpaired) electrons. The first-order valence-electron chi connectivity index (χ1n) is 7.99. The van der Waals surface area contributed by atoms with Crippen molar-refractivity contribution in [2.75, 3.05) is 12.4 Å². The number of benzene rings is 2. The lowest BCUT2D eigenvalue weighted by Gasteiger charge is -2.15. The molecule has 3 rings (SSSR count). The zero-order valence-electron chi connectivity index (χ0n) is 14.4. The molecule has 3 aromatic rings. The third-order valence-electron chi connectivity index (χ3n) is 4.08. The van der Waals surface area contributed by atoms with E-state index >= 15 is 0 Å². The number of hydrogen-bond donors (Lipinski definition) is 3. The predicted molar refractivity (Wildman–Crippen MR) is 97.3 cm³/mol. The zero-order valence-corrected chi connectivity index (χ0v) is 14.4. The smallest absolute Gasteiger partial charge is 0.245 e. The van der Waals surface area contributed by atoms with Gasteiger partial charge in [-0.15, -0.1) is 0 Å². The van der Waals surface area contributed by atoms with Crippen LogP contribution in [-0.4, -0.2) is 23.2 Å². The van der Waals surface area contributed by atoms with Gasteiger partial charge in [0.25, 0.3) is 0 Å². The second kappa shape index (κ2) is 7.37. The van der Waals surface area contributed by atoms with Crippen LogP contribution >= 0.6 is 0 Å². The van der Waals surface area contributed by atoms with Crippen LogP contribution in [0.3, 0.4) is 0 Å². The van der Waals surface area contributed by atoms with Crippen LogP contribution in [0.15, 0.2) is 48.8 Å². The molecule has 0 aliphatic carbocycles. The summed E-state index contributed by atoms with van der Waals surface area (Å²) in [7, 11) is 1.47. The molecule has 0 aliphatic rings. The van der Waals surface area contributed by atoms with Crippen molar-refractivity contribution in [1.82, 2.24) is 10.2 Å². The number of anilines is 1. The van der Waals surface area contributed by atoms with Gasteiger partial charge in [-0.2, -0.15) is 5.10 Å². The van der Waals surface area contributed by atoms with Crippen molar-refractivity contribution in [2.24, 2.45) is 5.73 Å². The lowest BCUT2D eigenvalue weighted by atomic mass is 10.0. The van der Waals surface area contributed by atoms with Gasteiger partial charge < -0.3 is 15.8 Å². The van der Waals surface area contributed by atoms with Gasteiger partial charge in [-0.3, -0.25) is 9.89 Å². The number of ether oxygens (including phenoxy) is 1. The molecule has 4 N–H and O–H groups in total. The van der Waals surface area contributed by atoms with E-state index in [1.165, 1.54) is 19.2 Å². The Morgan fingerprint density at radius 2 is 2.04 bits per heavy atom. The van der Waals surface area contributed by atoms with Crippen molar-refractivity contribution >= 4 is 11.6 Å². The summed E-state index contributed by atoms with van der Waals surface area (Å²) >= 11 is 0. The topological polar surface area (TPSA) is 93.0 Å². The zero-order chi connectivity index (χ0) is 18.7. The largest absolute Gasteiger partial charge is 0.496 e. The lowest BCUT2D eigenvalue weighted by Crippen LogP contribution is -2.28. The van der Waals surface area contributed by atoms with E-state index < -0.39 is 17.8 Å². The number of aromatic nitrogens is 2. The van der Waals surface area contributed by atoms with Crippen LogP contribution in [0.1, 0.15) is 17.2 Å². The van der Waals surface area contributed by atoms with Crippen LogP contribution in [0, 0.1) is 12.7 Å². The monoisotopic (exact) mass is 354 g/mol. The highest BCUT2D eigenvalue weighted by atomic mass is 19.1. The summed E-state index contributed by atoms with van der Waals surface area (Å²) < 4.78 is 19.8.